The van der Waals surface area contributed by atoms with E-state index in [4.69, 9.17) is 9.57 Å². The van der Waals surface area contributed by atoms with Crippen LogP contribution in [0.3, 0.4) is 0 Å². The van der Waals surface area contributed by atoms with Crippen LogP contribution < -0.4 is 10.9 Å². The first-order valence-electron chi connectivity index (χ1n) is 12.6. The number of oxime groups is 1. The Hall–Kier alpha value is -3.23. The van der Waals surface area contributed by atoms with Gasteiger partial charge in [-0.3, -0.25) is 14.2 Å². The van der Waals surface area contributed by atoms with Crippen LogP contribution in [-0.2, 0) is 20.9 Å². The molecule has 2 aromatic rings. The van der Waals surface area contributed by atoms with Crippen LogP contribution >= 0.6 is 0 Å². The standard InChI is InChI=1S/C28H38N4O4/c1-21(20-35-4)29-27(33)19-32-26(24-11-7-5-8-12-24)14-13-25(28(32)34)23(3)30-36-22(2)15-18-31-16-9-6-10-17-31/h5,7-8,11-14,21H,2,6,9-10,15-20H2,1,3-4H3,(H,29,33)/b30-23+. The van der Waals surface area contributed by atoms with E-state index in [0.29, 0.717) is 35.8 Å². The number of methoxy groups -OCH3 is 1. The van der Waals surface area contributed by atoms with Crippen molar-refractivity contribution in [1.82, 2.24) is 14.8 Å². The highest BCUT2D eigenvalue weighted by Crippen LogP contribution is 2.18. The molecule has 0 bridgehead atoms. The van der Waals surface area contributed by atoms with Gasteiger partial charge in [0.2, 0.25) is 5.91 Å². The maximum absolute atomic E-state index is 13.5. The van der Waals surface area contributed by atoms with Crippen molar-refractivity contribution in [2.75, 3.05) is 33.4 Å². The van der Waals surface area contributed by atoms with E-state index in [2.05, 4.69) is 22.0 Å². The molecule has 1 unspecified atom stereocenters. The Morgan fingerprint density at radius 3 is 2.56 bits per heavy atom. The van der Waals surface area contributed by atoms with E-state index in [-0.39, 0.29) is 24.1 Å². The number of hydrogen-bond donors (Lipinski definition) is 1. The topological polar surface area (TPSA) is 85.2 Å². The smallest absolute Gasteiger partial charge is 0.260 e. The summed E-state index contributed by atoms with van der Waals surface area (Å²) in [5.41, 5.74) is 1.99. The van der Waals surface area contributed by atoms with E-state index >= 15 is 0 Å². The first-order valence-corrected chi connectivity index (χ1v) is 12.6. The fraction of sp³-hybridized carbons (Fsp3) is 0.464. The van der Waals surface area contributed by atoms with E-state index in [1.165, 1.54) is 23.8 Å². The number of aromatic nitrogens is 1. The summed E-state index contributed by atoms with van der Waals surface area (Å²) in [5.74, 6) is 0.292. The minimum atomic E-state index is -0.310. The molecule has 3 rings (SSSR count). The molecule has 1 aliphatic heterocycles. The number of hydrogen-bond acceptors (Lipinski definition) is 6. The lowest BCUT2D eigenvalue weighted by molar-refractivity contribution is -0.122. The molecular weight excluding hydrogens is 456 g/mol. The largest absolute Gasteiger partial charge is 0.383 e. The molecule has 36 heavy (non-hydrogen) atoms. The van der Waals surface area contributed by atoms with Crippen molar-refractivity contribution in [3.05, 3.63) is 70.7 Å². The molecule has 194 valence electrons. The maximum Gasteiger partial charge on any atom is 0.260 e. The van der Waals surface area contributed by atoms with Crippen molar-refractivity contribution in [1.29, 1.82) is 0 Å². The summed E-state index contributed by atoms with van der Waals surface area (Å²) in [5, 5.41) is 7.05. The van der Waals surface area contributed by atoms with Crippen LogP contribution in [0.5, 0.6) is 0 Å². The van der Waals surface area contributed by atoms with Crippen molar-refractivity contribution >= 4 is 11.6 Å². The number of carbonyl (C=O) groups is 1. The number of benzene rings is 1. The lowest BCUT2D eigenvalue weighted by atomic mass is 10.1. The minimum absolute atomic E-state index is 0.123. The van der Waals surface area contributed by atoms with Crippen LogP contribution in [-0.4, -0.2) is 60.5 Å². The van der Waals surface area contributed by atoms with E-state index in [9.17, 15) is 9.59 Å². The maximum atomic E-state index is 13.5. The van der Waals surface area contributed by atoms with Gasteiger partial charge >= 0.3 is 0 Å². The van der Waals surface area contributed by atoms with Gasteiger partial charge in [0.1, 0.15) is 12.3 Å². The van der Waals surface area contributed by atoms with Gasteiger partial charge in [-0.2, -0.15) is 0 Å². The van der Waals surface area contributed by atoms with Crippen LogP contribution in [0.4, 0.5) is 0 Å². The number of amides is 1. The van der Waals surface area contributed by atoms with E-state index in [1.54, 1.807) is 20.1 Å². The zero-order valence-electron chi connectivity index (χ0n) is 21.7. The number of rotatable bonds is 12. The van der Waals surface area contributed by atoms with Gasteiger partial charge in [0, 0.05) is 26.1 Å². The Bertz CT molecular complexity index is 1100. The quantitative estimate of drug-likeness (QED) is 0.276. The van der Waals surface area contributed by atoms with Gasteiger partial charge in [-0.05, 0) is 57.5 Å². The predicted octanol–water partition coefficient (Wildman–Crippen LogP) is 3.80. The van der Waals surface area contributed by atoms with Crippen molar-refractivity contribution in [3.63, 3.8) is 0 Å². The molecule has 1 atom stereocenters. The molecule has 8 nitrogen and oxygen atoms in total. The molecule has 1 aliphatic rings. The zero-order valence-corrected chi connectivity index (χ0v) is 21.7. The summed E-state index contributed by atoms with van der Waals surface area (Å²) in [6.45, 7) is 10.9. The van der Waals surface area contributed by atoms with Gasteiger partial charge in [-0.1, -0.05) is 48.5 Å². The first-order chi connectivity index (χ1) is 17.4. The van der Waals surface area contributed by atoms with E-state index in [0.717, 1.165) is 25.2 Å². The van der Waals surface area contributed by atoms with Crippen LogP contribution in [0.25, 0.3) is 11.3 Å². The van der Waals surface area contributed by atoms with Crippen LogP contribution in [0.1, 0.15) is 45.1 Å². The van der Waals surface area contributed by atoms with Gasteiger partial charge in [0.15, 0.2) is 0 Å². The molecular formula is C28H38N4O4. The second-order valence-electron chi connectivity index (χ2n) is 9.27. The Morgan fingerprint density at radius 1 is 1.14 bits per heavy atom. The number of piperidine rings is 1. The fourth-order valence-electron chi connectivity index (χ4n) is 4.32. The van der Waals surface area contributed by atoms with Gasteiger partial charge in [0.05, 0.1) is 23.6 Å². The second kappa shape index (κ2) is 13.8. The van der Waals surface area contributed by atoms with Gasteiger partial charge < -0.3 is 19.8 Å². The van der Waals surface area contributed by atoms with Crippen molar-refractivity contribution < 1.29 is 14.4 Å². The fourth-order valence-corrected chi connectivity index (χ4v) is 4.32. The number of pyridine rings is 1. The van der Waals surface area contributed by atoms with Gasteiger partial charge in [-0.25, -0.2) is 0 Å². The highest BCUT2D eigenvalue weighted by atomic mass is 16.6. The average molecular weight is 495 g/mol. The SMILES string of the molecule is C=C(CCN1CCCCC1)O/N=C(\C)c1ccc(-c2ccccc2)n(CC(=O)NC(C)COC)c1=O. The summed E-state index contributed by atoms with van der Waals surface area (Å²) in [6.07, 6.45) is 4.46. The van der Waals surface area contributed by atoms with Crippen LogP contribution in [0.2, 0.25) is 0 Å². The molecule has 0 saturated carbocycles. The van der Waals surface area contributed by atoms with Gasteiger partial charge in [0.25, 0.3) is 5.56 Å². The number of nitrogens with zero attached hydrogens (tertiary/aromatic N) is 3. The summed E-state index contributed by atoms with van der Waals surface area (Å²) < 4.78 is 6.57. The second-order valence-corrected chi connectivity index (χ2v) is 9.27. The molecule has 8 heteroatoms. The van der Waals surface area contributed by atoms with E-state index in [1.807, 2.05) is 43.3 Å². The molecule has 1 aromatic carbocycles. The summed E-state index contributed by atoms with van der Waals surface area (Å²) >= 11 is 0. The lowest BCUT2D eigenvalue weighted by Crippen LogP contribution is -2.40. The zero-order chi connectivity index (χ0) is 25.9. The third-order valence-electron chi connectivity index (χ3n) is 6.23. The van der Waals surface area contributed by atoms with Crippen LogP contribution in [0.15, 0.2) is 64.8 Å². The van der Waals surface area contributed by atoms with Gasteiger partial charge in [-0.15, -0.1) is 0 Å². The monoisotopic (exact) mass is 494 g/mol. The Balaban J connectivity index is 1.78. The number of nitrogens with one attached hydrogen (secondary N) is 1. The highest BCUT2D eigenvalue weighted by molar-refractivity contribution is 5.98. The Labute approximate surface area is 213 Å². The number of ether oxygens (including phenoxy) is 1. The highest BCUT2D eigenvalue weighted by Gasteiger charge is 2.17. The van der Waals surface area contributed by atoms with Crippen molar-refractivity contribution in [3.8, 4) is 11.3 Å². The van der Waals surface area contributed by atoms with E-state index < -0.39 is 0 Å². The normalized spacial score (nSPS) is 15.4. The third-order valence-corrected chi connectivity index (χ3v) is 6.23. The molecule has 1 N–H and O–H groups in total. The molecule has 1 saturated heterocycles. The molecule has 0 aliphatic carbocycles. The Kier molecular flexibility index (Phi) is 10.5. The number of likely N-dealkylation sites (tertiary alicyclic amines) is 1. The molecule has 1 amide bonds. The molecule has 1 aromatic heterocycles. The summed E-state index contributed by atoms with van der Waals surface area (Å²) in [4.78, 5) is 34.2. The molecule has 2 heterocycles. The molecule has 0 spiro atoms. The minimum Gasteiger partial charge on any atom is -0.383 e. The summed E-state index contributed by atoms with van der Waals surface area (Å²) in [7, 11) is 1.58. The molecule has 0 radical (unpaired) electrons. The predicted molar refractivity (Wildman–Crippen MR) is 143 cm³/mol. The van der Waals surface area contributed by atoms with Crippen molar-refractivity contribution in [2.24, 2.45) is 5.16 Å². The number of carbonyl (C=O) groups excluding carboxylic acids is 1. The molecule has 1 fully saturated rings. The average Bonchev–Trinajstić information content (AvgIpc) is 2.88. The summed E-state index contributed by atoms with van der Waals surface area (Å²) in [6, 6.07) is 12.9. The first kappa shape index (κ1) is 27.4. The third kappa shape index (κ3) is 7.90. The Morgan fingerprint density at radius 2 is 1.86 bits per heavy atom. The van der Waals surface area contributed by atoms with Crippen LogP contribution in [0, 0.1) is 0 Å². The van der Waals surface area contributed by atoms with Crippen molar-refractivity contribution in [2.45, 2.75) is 52.1 Å². The lowest BCUT2D eigenvalue weighted by Gasteiger charge is -2.26.